The van der Waals surface area contributed by atoms with Gasteiger partial charge in [0, 0.05) is 7.11 Å². The van der Waals surface area contributed by atoms with Gasteiger partial charge in [0.05, 0.1) is 35.6 Å². The molecule has 1 unspecified atom stereocenters. The molecule has 1 atom stereocenters. The van der Waals surface area contributed by atoms with Crippen molar-refractivity contribution < 1.29 is 4.74 Å². The van der Waals surface area contributed by atoms with Gasteiger partial charge in [0.1, 0.15) is 0 Å². The Kier molecular flexibility index (Phi) is 5.56. The predicted octanol–water partition coefficient (Wildman–Crippen LogP) is 3.15. The van der Waals surface area contributed by atoms with E-state index in [1.165, 1.54) is 16.7 Å². The van der Waals surface area contributed by atoms with Crippen LogP contribution in [0.4, 0.5) is 0 Å². The molecule has 0 fully saturated rings. The summed E-state index contributed by atoms with van der Waals surface area (Å²) in [5, 5.41) is 4.36. The second-order valence-corrected chi connectivity index (χ2v) is 6.18. The Morgan fingerprint density at radius 3 is 2.76 bits per heavy atom. The van der Waals surface area contributed by atoms with Gasteiger partial charge in [0.15, 0.2) is 0 Å². The summed E-state index contributed by atoms with van der Waals surface area (Å²) >= 11 is 3.54. The normalized spacial score (nSPS) is 12.6. The molecule has 21 heavy (non-hydrogen) atoms. The molecule has 0 aliphatic carbocycles. The Hall–Kier alpha value is -1.17. The Morgan fingerprint density at radius 1 is 1.33 bits per heavy atom. The smallest absolute Gasteiger partial charge is 0.0697 e. The van der Waals surface area contributed by atoms with Gasteiger partial charge in [-0.25, -0.2) is 0 Å². The second-order valence-electron chi connectivity index (χ2n) is 5.32. The molecule has 0 aliphatic heterocycles. The van der Waals surface area contributed by atoms with Gasteiger partial charge in [0.2, 0.25) is 0 Å². The number of rotatable bonds is 6. The van der Waals surface area contributed by atoms with E-state index in [4.69, 9.17) is 10.5 Å². The lowest BCUT2D eigenvalue weighted by Gasteiger charge is -2.16. The molecule has 1 heterocycles. The number of benzene rings is 1. The van der Waals surface area contributed by atoms with Crippen LogP contribution in [0.25, 0.3) is 0 Å². The summed E-state index contributed by atoms with van der Waals surface area (Å²) in [6.07, 6.45) is 2.59. The summed E-state index contributed by atoms with van der Waals surface area (Å²) in [5.41, 5.74) is 11.3. The number of aryl methyl sites for hydroxylation is 2. The minimum absolute atomic E-state index is 0.0964. The van der Waals surface area contributed by atoms with E-state index in [0.717, 1.165) is 16.6 Å². The van der Waals surface area contributed by atoms with Gasteiger partial charge in [-0.05, 0) is 52.9 Å². The van der Waals surface area contributed by atoms with Crippen LogP contribution in [0, 0.1) is 13.8 Å². The maximum Gasteiger partial charge on any atom is 0.0697 e. The Bertz CT molecular complexity index is 610. The van der Waals surface area contributed by atoms with Crippen molar-refractivity contribution in [2.75, 3.05) is 13.7 Å². The molecule has 0 aliphatic rings. The maximum absolute atomic E-state index is 6.40. The van der Waals surface area contributed by atoms with Gasteiger partial charge in [-0.3, -0.25) is 4.68 Å². The van der Waals surface area contributed by atoms with Crippen molar-refractivity contribution in [3.05, 3.63) is 51.3 Å². The summed E-state index contributed by atoms with van der Waals surface area (Å²) in [4.78, 5) is 0. The quantitative estimate of drug-likeness (QED) is 0.869. The van der Waals surface area contributed by atoms with Gasteiger partial charge in [-0.15, -0.1) is 0 Å². The van der Waals surface area contributed by atoms with Crippen molar-refractivity contribution in [3.8, 4) is 0 Å². The molecule has 0 saturated heterocycles. The molecule has 0 amide bonds. The molecule has 0 saturated carbocycles. The Morgan fingerprint density at radius 2 is 2.10 bits per heavy atom. The standard InChI is InChI=1S/C16H22BrN3O/c1-11-4-5-13(8-12(11)2)9-15(18)16-14(17)10-19-20(16)6-7-21-3/h4-5,8,10,15H,6-7,9,18H2,1-3H3. The minimum Gasteiger partial charge on any atom is -0.383 e. The second kappa shape index (κ2) is 7.20. The molecule has 2 aromatic rings. The lowest BCUT2D eigenvalue weighted by atomic mass is 10.00. The van der Waals surface area contributed by atoms with E-state index >= 15 is 0 Å². The van der Waals surface area contributed by atoms with Crippen molar-refractivity contribution in [2.45, 2.75) is 32.9 Å². The third-order valence-corrected chi connectivity index (χ3v) is 4.33. The molecule has 0 bridgehead atoms. The van der Waals surface area contributed by atoms with Gasteiger partial charge >= 0.3 is 0 Å². The predicted molar refractivity (Wildman–Crippen MR) is 88.4 cm³/mol. The van der Waals surface area contributed by atoms with Crippen LogP contribution < -0.4 is 5.73 Å². The number of hydrogen-bond acceptors (Lipinski definition) is 3. The van der Waals surface area contributed by atoms with Crippen molar-refractivity contribution in [2.24, 2.45) is 5.73 Å². The van der Waals surface area contributed by atoms with Crippen LogP contribution in [0.2, 0.25) is 0 Å². The van der Waals surface area contributed by atoms with Crippen molar-refractivity contribution in [3.63, 3.8) is 0 Å². The Labute approximate surface area is 134 Å². The van der Waals surface area contributed by atoms with Crippen LogP contribution in [0.15, 0.2) is 28.9 Å². The molecule has 1 aromatic heterocycles. The maximum atomic E-state index is 6.40. The summed E-state index contributed by atoms with van der Waals surface area (Å²) < 4.78 is 7.99. The zero-order valence-corrected chi connectivity index (χ0v) is 14.4. The topological polar surface area (TPSA) is 53.1 Å². The van der Waals surface area contributed by atoms with Crippen LogP contribution in [0.1, 0.15) is 28.4 Å². The number of nitrogens with two attached hydrogens (primary N) is 1. The molecule has 0 spiro atoms. The van der Waals surface area contributed by atoms with Crippen molar-refractivity contribution in [1.29, 1.82) is 0 Å². The van der Waals surface area contributed by atoms with Crippen LogP contribution in [-0.4, -0.2) is 23.5 Å². The highest BCUT2D eigenvalue weighted by Gasteiger charge is 2.17. The van der Waals surface area contributed by atoms with Gasteiger partial charge < -0.3 is 10.5 Å². The zero-order valence-electron chi connectivity index (χ0n) is 12.8. The van der Waals surface area contributed by atoms with Gasteiger partial charge in [-0.1, -0.05) is 18.2 Å². The van der Waals surface area contributed by atoms with Crippen LogP contribution in [0.5, 0.6) is 0 Å². The summed E-state index contributed by atoms with van der Waals surface area (Å²) in [7, 11) is 1.69. The Balaban J connectivity index is 2.17. The molecule has 2 rings (SSSR count). The van der Waals surface area contributed by atoms with Crippen LogP contribution in [-0.2, 0) is 17.7 Å². The summed E-state index contributed by atoms with van der Waals surface area (Å²) in [6.45, 7) is 5.58. The van der Waals surface area contributed by atoms with Crippen molar-refractivity contribution >= 4 is 15.9 Å². The number of aromatic nitrogens is 2. The average Bonchev–Trinajstić information content (AvgIpc) is 2.81. The zero-order chi connectivity index (χ0) is 15.4. The molecular formula is C16H22BrN3O. The molecule has 5 heteroatoms. The number of hydrogen-bond donors (Lipinski definition) is 1. The lowest BCUT2D eigenvalue weighted by molar-refractivity contribution is 0.182. The molecule has 114 valence electrons. The minimum atomic E-state index is -0.0964. The van der Waals surface area contributed by atoms with E-state index in [-0.39, 0.29) is 6.04 Å². The molecule has 1 aromatic carbocycles. The highest BCUT2D eigenvalue weighted by molar-refractivity contribution is 9.10. The fourth-order valence-corrected chi connectivity index (χ4v) is 2.97. The van der Waals surface area contributed by atoms with E-state index in [9.17, 15) is 0 Å². The molecular weight excluding hydrogens is 330 g/mol. The fraction of sp³-hybridized carbons (Fsp3) is 0.438. The third-order valence-electron chi connectivity index (χ3n) is 3.72. The largest absolute Gasteiger partial charge is 0.383 e. The monoisotopic (exact) mass is 351 g/mol. The first kappa shape index (κ1) is 16.2. The number of methoxy groups -OCH3 is 1. The fourth-order valence-electron chi connectivity index (χ4n) is 2.38. The number of ether oxygens (including phenoxy) is 1. The lowest BCUT2D eigenvalue weighted by Crippen LogP contribution is -2.20. The summed E-state index contributed by atoms with van der Waals surface area (Å²) in [5.74, 6) is 0. The van der Waals surface area contributed by atoms with E-state index in [1.54, 1.807) is 13.3 Å². The first-order valence-electron chi connectivity index (χ1n) is 7.04. The van der Waals surface area contributed by atoms with Crippen LogP contribution in [0.3, 0.4) is 0 Å². The van der Waals surface area contributed by atoms with Crippen LogP contribution >= 0.6 is 15.9 Å². The molecule has 0 radical (unpaired) electrons. The first-order chi connectivity index (χ1) is 10.0. The van der Waals surface area contributed by atoms with E-state index in [2.05, 4.69) is 53.1 Å². The van der Waals surface area contributed by atoms with Crippen molar-refractivity contribution in [1.82, 2.24) is 9.78 Å². The van der Waals surface area contributed by atoms with Gasteiger partial charge in [0.25, 0.3) is 0 Å². The SMILES string of the molecule is COCCn1ncc(Br)c1C(N)Cc1ccc(C)c(C)c1. The number of halogens is 1. The van der Waals surface area contributed by atoms with E-state index < -0.39 is 0 Å². The third kappa shape index (κ3) is 3.93. The number of nitrogens with zero attached hydrogens (tertiary/aromatic N) is 2. The summed E-state index contributed by atoms with van der Waals surface area (Å²) in [6, 6.07) is 6.40. The highest BCUT2D eigenvalue weighted by Crippen LogP contribution is 2.25. The van der Waals surface area contributed by atoms with Gasteiger partial charge in [-0.2, -0.15) is 5.10 Å². The molecule has 4 nitrogen and oxygen atoms in total. The molecule has 2 N–H and O–H groups in total. The average molecular weight is 352 g/mol. The first-order valence-corrected chi connectivity index (χ1v) is 7.84. The van der Waals surface area contributed by atoms with E-state index in [1.807, 2.05) is 4.68 Å². The van der Waals surface area contributed by atoms with E-state index in [0.29, 0.717) is 13.2 Å². The highest BCUT2D eigenvalue weighted by atomic mass is 79.9.